The molecule has 0 saturated carbocycles. The summed E-state index contributed by atoms with van der Waals surface area (Å²) < 4.78 is 28.5. The van der Waals surface area contributed by atoms with Gasteiger partial charge in [0, 0.05) is 18.6 Å². The van der Waals surface area contributed by atoms with Gasteiger partial charge in [-0.15, -0.1) is 0 Å². The molecule has 7 nitrogen and oxygen atoms in total. The van der Waals surface area contributed by atoms with Crippen LogP contribution < -0.4 is 9.62 Å². The maximum Gasteiger partial charge on any atom is 0.264 e. The summed E-state index contributed by atoms with van der Waals surface area (Å²) in [4.78, 5) is 27.5. The Balaban J connectivity index is 2.08. The Morgan fingerprint density at radius 1 is 0.895 bits per heavy atom. The molecule has 38 heavy (non-hydrogen) atoms. The smallest absolute Gasteiger partial charge is 0.264 e. The highest BCUT2D eigenvalue weighted by Gasteiger charge is 2.33. The fraction of sp³-hybridized carbons (Fsp3) is 0.231. The summed E-state index contributed by atoms with van der Waals surface area (Å²) in [5.41, 5.74) is 1.48. The molecule has 3 aromatic carbocycles. The lowest BCUT2D eigenvalue weighted by Crippen LogP contribution is -2.50. The van der Waals surface area contributed by atoms with Crippen molar-refractivity contribution in [1.82, 2.24) is 10.2 Å². The Labute approximate surface area is 242 Å². The van der Waals surface area contributed by atoms with E-state index >= 15 is 0 Å². The molecule has 3 rings (SSSR count). The van der Waals surface area contributed by atoms with Gasteiger partial charge < -0.3 is 10.2 Å². The van der Waals surface area contributed by atoms with Crippen LogP contribution in [-0.2, 0) is 26.2 Å². The molecule has 0 spiro atoms. The fourth-order valence-electron chi connectivity index (χ4n) is 3.65. The van der Waals surface area contributed by atoms with Gasteiger partial charge in [-0.05, 0) is 61.9 Å². The van der Waals surface area contributed by atoms with Gasteiger partial charge in [0.15, 0.2) is 0 Å². The summed E-state index contributed by atoms with van der Waals surface area (Å²) in [6.45, 7) is 2.68. The second kappa shape index (κ2) is 12.6. The summed E-state index contributed by atoms with van der Waals surface area (Å²) in [7, 11) is -2.83. The molecule has 1 atom stereocenters. The third-order valence-corrected chi connectivity index (χ3v) is 8.88. The van der Waals surface area contributed by atoms with E-state index in [-0.39, 0.29) is 32.2 Å². The lowest BCUT2D eigenvalue weighted by atomic mass is 10.1. The highest BCUT2D eigenvalue weighted by atomic mass is 35.5. The molecule has 0 aliphatic heterocycles. The van der Waals surface area contributed by atoms with E-state index in [2.05, 4.69) is 5.32 Å². The number of rotatable bonds is 9. The quantitative estimate of drug-likeness (QED) is 0.321. The van der Waals surface area contributed by atoms with Gasteiger partial charge in [-0.2, -0.15) is 0 Å². The van der Waals surface area contributed by atoms with Crippen LogP contribution in [0.4, 0.5) is 5.69 Å². The van der Waals surface area contributed by atoms with Crippen LogP contribution in [0.15, 0.2) is 65.6 Å². The largest absolute Gasteiger partial charge is 0.357 e. The van der Waals surface area contributed by atoms with Gasteiger partial charge in [0.1, 0.15) is 12.6 Å². The zero-order valence-corrected chi connectivity index (χ0v) is 24.6. The number of nitrogens with one attached hydrogen (secondary N) is 1. The van der Waals surface area contributed by atoms with Crippen molar-refractivity contribution in [2.75, 3.05) is 17.9 Å². The lowest BCUT2D eigenvalue weighted by Gasteiger charge is -2.32. The number of halogens is 4. The Kier molecular flexibility index (Phi) is 9.95. The van der Waals surface area contributed by atoms with Gasteiger partial charge in [0.2, 0.25) is 11.8 Å². The van der Waals surface area contributed by atoms with Crippen molar-refractivity contribution in [2.45, 2.75) is 31.3 Å². The third-order valence-electron chi connectivity index (χ3n) is 5.82. The van der Waals surface area contributed by atoms with Crippen LogP contribution >= 0.6 is 46.4 Å². The lowest BCUT2D eigenvalue weighted by molar-refractivity contribution is -0.139. The number of benzene rings is 3. The zero-order chi connectivity index (χ0) is 28.2. The molecule has 0 aromatic heterocycles. The van der Waals surface area contributed by atoms with Gasteiger partial charge in [0.25, 0.3) is 10.0 Å². The Morgan fingerprint density at radius 3 is 2.13 bits per heavy atom. The molecule has 0 bridgehead atoms. The molecular formula is C26H25Cl4N3O4S. The zero-order valence-electron chi connectivity index (χ0n) is 20.7. The van der Waals surface area contributed by atoms with Crippen molar-refractivity contribution in [2.24, 2.45) is 0 Å². The van der Waals surface area contributed by atoms with Crippen molar-refractivity contribution in [3.05, 3.63) is 91.9 Å². The summed E-state index contributed by atoms with van der Waals surface area (Å²) in [6, 6.07) is 14.4. The molecule has 0 saturated heterocycles. The van der Waals surface area contributed by atoms with E-state index in [4.69, 9.17) is 46.4 Å². The van der Waals surface area contributed by atoms with Gasteiger partial charge in [0.05, 0.1) is 25.7 Å². The third kappa shape index (κ3) is 6.93. The number of hydrogen-bond acceptors (Lipinski definition) is 4. The van der Waals surface area contributed by atoms with Gasteiger partial charge in [-0.25, -0.2) is 8.42 Å². The Bertz CT molecular complexity index is 1450. The van der Waals surface area contributed by atoms with Crippen LogP contribution in [-0.4, -0.2) is 44.8 Å². The molecule has 0 radical (unpaired) electrons. The van der Waals surface area contributed by atoms with Crippen molar-refractivity contribution in [3.8, 4) is 0 Å². The van der Waals surface area contributed by atoms with Gasteiger partial charge in [-0.3, -0.25) is 13.9 Å². The summed E-state index contributed by atoms with van der Waals surface area (Å²) in [5.74, 6) is -1.09. The first kappa shape index (κ1) is 30.1. The SMILES string of the molecule is CNC(=O)[C@H](C)N(Cc1ccc(Cl)c(Cl)c1)C(=O)CN(c1cc(Cl)ccc1Cl)S(=O)(=O)c1ccc(C)cc1. The molecule has 2 amide bonds. The Hall–Kier alpha value is -2.49. The van der Waals surface area contributed by atoms with E-state index in [0.717, 1.165) is 9.87 Å². The number of likely N-dealkylation sites (N-methyl/N-ethyl adjacent to an activating group) is 1. The topological polar surface area (TPSA) is 86.8 Å². The number of carbonyl (C=O) groups excluding carboxylic acids is 2. The molecule has 0 fully saturated rings. The number of nitrogens with zero attached hydrogens (tertiary/aromatic N) is 2. The number of carbonyl (C=O) groups is 2. The van der Waals surface area contributed by atoms with Crippen LogP contribution in [0.2, 0.25) is 20.1 Å². The number of amides is 2. The van der Waals surface area contributed by atoms with Crippen LogP contribution in [0.3, 0.4) is 0 Å². The number of aryl methyl sites for hydroxylation is 1. The van der Waals surface area contributed by atoms with E-state index in [1.165, 1.54) is 42.3 Å². The first-order valence-corrected chi connectivity index (χ1v) is 14.3. The average molecular weight is 617 g/mol. The summed E-state index contributed by atoms with van der Waals surface area (Å²) >= 11 is 24.7. The molecular weight excluding hydrogens is 592 g/mol. The second-order valence-corrected chi connectivity index (χ2v) is 12.0. The van der Waals surface area contributed by atoms with E-state index in [1.54, 1.807) is 37.3 Å². The van der Waals surface area contributed by atoms with Crippen LogP contribution in [0.5, 0.6) is 0 Å². The number of hydrogen-bond donors (Lipinski definition) is 1. The minimum Gasteiger partial charge on any atom is -0.357 e. The maximum absolute atomic E-state index is 13.8. The second-order valence-electron chi connectivity index (χ2n) is 8.48. The van der Waals surface area contributed by atoms with Crippen LogP contribution in [0, 0.1) is 6.92 Å². The van der Waals surface area contributed by atoms with Crippen molar-refractivity contribution in [3.63, 3.8) is 0 Å². The first-order valence-electron chi connectivity index (χ1n) is 11.3. The molecule has 0 unspecified atom stereocenters. The highest BCUT2D eigenvalue weighted by Crippen LogP contribution is 2.33. The van der Waals surface area contributed by atoms with Gasteiger partial charge in [-0.1, -0.05) is 70.2 Å². The molecule has 202 valence electrons. The molecule has 0 heterocycles. The van der Waals surface area contributed by atoms with Crippen molar-refractivity contribution < 1.29 is 18.0 Å². The van der Waals surface area contributed by atoms with E-state index in [1.807, 2.05) is 6.92 Å². The monoisotopic (exact) mass is 615 g/mol. The fourth-order valence-corrected chi connectivity index (χ4v) is 5.84. The van der Waals surface area contributed by atoms with Crippen molar-refractivity contribution in [1.29, 1.82) is 0 Å². The van der Waals surface area contributed by atoms with Gasteiger partial charge >= 0.3 is 0 Å². The standard InChI is InChI=1S/C26H25Cl4N3O4S/c1-16-4-8-20(9-5-16)38(36,37)33(24-13-19(27)7-11-22(24)29)15-25(34)32(17(2)26(35)31-3)14-18-6-10-21(28)23(30)12-18/h4-13,17H,14-15H2,1-3H3,(H,31,35)/t17-/m0/s1. The minimum absolute atomic E-state index is 0.0233. The molecule has 12 heteroatoms. The number of sulfonamides is 1. The van der Waals surface area contributed by atoms with E-state index < -0.39 is 34.4 Å². The molecule has 0 aliphatic carbocycles. The first-order chi connectivity index (χ1) is 17.8. The Morgan fingerprint density at radius 2 is 1.53 bits per heavy atom. The summed E-state index contributed by atoms with van der Waals surface area (Å²) in [6.07, 6.45) is 0. The molecule has 1 N–H and O–H groups in total. The normalized spacial score (nSPS) is 12.1. The van der Waals surface area contributed by atoms with E-state index in [9.17, 15) is 18.0 Å². The minimum atomic E-state index is -4.27. The predicted molar refractivity (Wildman–Crippen MR) is 153 cm³/mol. The molecule has 3 aromatic rings. The number of anilines is 1. The van der Waals surface area contributed by atoms with Crippen LogP contribution in [0.1, 0.15) is 18.1 Å². The predicted octanol–water partition coefficient (Wildman–Crippen LogP) is 5.97. The summed E-state index contributed by atoms with van der Waals surface area (Å²) in [5, 5.41) is 3.43. The highest BCUT2D eigenvalue weighted by molar-refractivity contribution is 7.92. The van der Waals surface area contributed by atoms with Crippen LogP contribution in [0.25, 0.3) is 0 Å². The average Bonchev–Trinajstić information content (AvgIpc) is 2.88. The maximum atomic E-state index is 13.8. The molecule has 0 aliphatic rings. The van der Waals surface area contributed by atoms with E-state index in [0.29, 0.717) is 10.6 Å². The van der Waals surface area contributed by atoms with Crippen molar-refractivity contribution >= 4 is 73.9 Å².